The van der Waals surface area contributed by atoms with Gasteiger partial charge in [0.1, 0.15) is 11.8 Å². The maximum atomic E-state index is 13.5. The fourth-order valence-corrected chi connectivity index (χ4v) is 3.93. The Kier molecular flexibility index (Phi) is 6.70. The van der Waals surface area contributed by atoms with Gasteiger partial charge in [-0.2, -0.15) is 0 Å². The molecule has 1 heterocycles. The number of benzene rings is 3. The monoisotopic (exact) mass is 429 g/mol. The summed E-state index contributed by atoms with van der Waals surface area (Å²) in [6, 6.07) is 23.7. The number of nitrogens with one attached hydrogen (secondary N) is 2. The molecule has 0 radical (unpaired) electrons. The van der Waals surface area contributed by atoms with Crippen LogP contribution in [0.1, 0.15) is 18.1 Å². The van der Waals surface area contributed by atoms with Crippen molar-refractivity contribution in [2.24, 2.45) is 0 Å². The average molecular weight is 430 g/mol. The van der Waals surface area contributed by atoms with E-state index in [1.165, 1.54) is 0 Å². The molecule has 6 heteroatoms. The number of nitrogens with zero attached hydrogens (tertiary/aromatic N) is 1. The van der Waals surface area contributed by atoms with Gasteiger partial charge in [-0.3, -0.25) is 4.79 Å². The van der Waals surface area contributed by atoms with Crippen molar-refractivity contribution in [2.75, 3.05) is 23.4 Å². The summed E-state index contributed by atoms with van der Waals surface area (Å²) in [4.78, 5) is 28.0. The molecule has 3 aromatic rings. The Morgan fingerprint density at radius 1 is 0.969 bits per heavy atom. The van der Waals surface area contributed by atoms with Gasteiger partial charge in [-0.25, -0.2) is 4.79 Å². The molecule has 2 N–H and O–H groups in total. The van der Waals surface area contributed by atoms with E-state index in [1.54, 1.807) is 29.2 Å². The third-order valence-electron chi connectivity index (χ3n) is 5.46. The van der Waals surface area contributed by atoms with Gasteiger partial charge in [0.2, 0.25) is 5.91 Å². The number of carbonyl (C=O) groups excluding carboxylic acids is 2. The number of anilines is 2. The maximum Gasteiger partial charge on any atom is 0.319 e. The fourth-order valence-electron chi connectivity index (χ4n) is 3.93. The molecule has 1 aliphatic rings. The number of rotatable bonds is 7. The first kappa shape index (κ1) is 21.4. The standard InChI is InChI=1S/C26H27N3O3/c1-2-32-22-14-12-21(13-15-22)27-26(31)28-23(18-19-8-4-3-5-9-19)25(30)29-17-16-20-10-6-7-11-24(20)29/h3-15,23H,2,16-18H2,1H3,(H2,27,28,31)/t23-/m0/s1. The Morgan fingerprint density at radius 3 is 2.44 bits per heavy atom. The SMILES string of the molecule is CCOc1ccc(NC(=O)N[C@@H](Cc2ccccc2)C(=O)N2CCc3ccccc32)cc1. The van der Waals surface area contributed by atoms with E-state index < -0.39 is 12.1 Å². The molecule has 4 rings (SSSR count). The molecule has 0 aliphatic carbocycles. The van der Waals surface area contributed by atoms with Gasteiger partial charge in [-0.1, -0.05) is 48.5 Å². The summed E-state index contributed by atoms with van der Waals surface area (Å²) < 4.78 is 5.44. The topological polar surface area (TPSA) is 70.7 Å². The van der Waals surface area contributed by atoms with Gasteiger partial charge in [0.15, 0.2) is 0 Å². The zero-order chi connectivity index (χ0) is 22.3. The van der Waals surface area contributed by atoms with Crippen LogP contribution in [0.2, 0.25) is 0 Å². The second kappa shape index (κ2) is 10.0. The van der Waals surface area contributed by atoms with Crippen LogP contribution in [0, 0.1) is 0 Å². The quantitative estimate of drug-likeness (QED) is 0.585. The van der Waals surface area contributed by atoms with Crippen LogP contribution in [0.15, 0.2) is 78.9 Å². The molecule has 0 spiro atoms. The van der Waals surface area contributed by atoms with Gasteiger partial charge >= 0.3 is 6.03 Å². The van der Waals surface area contributed by atoms with Crippen LogP contribution in [-0.2, 0) is 17.6 Å². The molecule has 1 aliphatic heterocycles. The molecule has 0 saturated carbocycles. The van der Waals surface area contributed by atoms with Gasteiger partial charge in [0, 0.05) is 24.3 Å². The minimum atomic E-state index is -0.689. The molecular weight excluding hydrogens is 402 g/mol. The van der Waals surface area contributed by atoms with E-state index in [2.05, 4.69) is 10.6 Å². The second-order valence-corrected chi connectivity index (χ2v) is 7.67. The first-order chi connectivity index (χ1) is 15.6. The van der Waals surface area contributed by atoms with Gasteiger partial charge in [-0.15, -0.1) is 0 Å². The molecule has 0 aromatic heterocycles. The third-order valence-corrected chi connectivity index (χ3v) is 5.46. The van der Waals surface area contributed by atoms with Crippen molar-refractivity contribution in [1.29, 1.82) is 0 Å². The summed E-state index contributed by atoms with van der Waals surface area (Å²) in [5.74, 6) is 0.629. The summed E-state index contributed by atoms with van der Waals surface area (Å²) >= 11 is 0. The van der Waals surface area contributed by atoms with Crippen molar-refractivity contribution in [2.45, 2.75) is 25.8 Å². The lowest BCUT2D eigenvalue weighted by Gasteiger charge is -2.25. The van der Waals surface area contributed by atoms with Gasteiger partial charge in [-0.05, 0) is 54.8 Å². The minimum Gasteiger partial charge on any atom is -0.494 e. The van der Waals surface area contributed by atoms with E-state index in [0.717, 1.165) is 29.0 Å². The van der Waals surface area contributed by atoms with E-state index in [0.29, 0.717) is 25.3 Å². The van der Waals surface area contributed by atoms with Crippen molar-refractivity contribution in [1.82, 2.24) is 5.32 Å². The Labute approximate surface area is 188 Å². The smallest absolute Gasteiger partial charge is 0.319 e. The van der Waals surface area contributed by atoms with Gasteiger partial charge < -0.3 is 20.3 Å². The van der Waals surface area contributed by atoms with Crippen LogP contribution in [0.25, 0.3) is 0 Å². The summed E-state index contributed by atoms with van der Waals surface area (Å²) in [6.45, 7) is 3.12. The van der Waals surface area contributed by atoms with Crippen molar-refractivity contribution in [3.63, 3.8) is 0 Å². The second-order valence-electron chi connectivity index (χ2n) is 7.67. The molecule has 164 valence electrons. The number of ether oxygens (including phenoxy) is 1. The van der Waals surface area contributed by atoms with Crippen LogP contribution in [-0.4, -0.2) is 31.1 Å². The number of amides is 3. The lowest BCUT2D eigenvalue weighted by Crippen LogP contribution is -2.50. The minimum absolute atomic E-state index is 0.111. The summed E-state index contributed by atoms with van der Waals surface area (Å²) in [5.41, 5.74) is 3.69. The molecule has 6 nitrogen and oxygen atoms in total. The van der Waals surface area contributed by atoms with Crippen molar-refractivity contribution >= 4 is 23.3 Å². The predicted molar refractivity (Wildman–Crippen MR) is 126 cm³/mol. The number of hydrogen-bond donors (Lipinski definition) is 2. The molecule has 1 atom stereocenters. The zero-order valence-electron chi connectivity index (χ0n) is 18.1. The van der Waals surface area contributed by atoms with E-state index in [1.807, 2.05) is 61.5 Å². The Bertz CT molecular complexity index is 1070. The lowest BCUT2D eigenvalue weighted by atomic mass is 10.0. The molecule has 32 heavy (non-hydrogen) atoms. The molecule has 3 amide bonds. The number of para-hydroxylation sites is 1. The molecule has 0 bridgehead atoms. The number of carbonyl (C=O) groups is 2. The number of fused-ring (bicyclic) bond motifs is 1. The fraction of sp³-hybridized carbons (Fsp3) is 0.231. The highest BCUT2D eigenvalue weighted by Gasteiger charge is 2.31. The van der Waals surface area contributed by atoms with E-state index in [-0.39, 0.29) is 5.91 Å². The van der Waals surface area contributed by atoms with Crippen LogP contribution >= 0.6 is 0 Å². The Balaban J connectivity index is 1.49. The Hall–Kier alpha value is -3.80. The average Bonchev–Trinajstić information content (AvgIpc) is 3.24. The van der Waals surface area contributed by atoms with Crippen molar-refractivity contribution in [3.8, 4) is 5.75 Å². The van der Waals surface area contributed by atoms with Crippen LogP contribution in [0.4, 0.5) is 16.2 Å². The van der Waals surface area contributed by atoms with Crippen LogP contribution < -0.4 is 20.3 Å². The predicted octanol–water partition coefficient (Wildman–Crippen LogP) is 4.41. The normalized spacial score (nSPS) is 13.2. The zero-order valence-corrected chi connectivity index (χ0v) is 18.1. The molecule has 0 unspecified atom stereocenters. The Morgan fingerprint density at radius 2 is 1.69 bits per heavy atom. The van der Waals surface area contributed by atoms with E-state index in [9.17, 15) is 9.59 Å². The summed E-state index contributed by atoms with van der Waals surface area (Å²) in [5, 5.41) is 5.70. The summed E-state index contributed by atoms with van der Waals surface area (Å²) in [7, 11) is 0. The van der Waals surface area contributed by atoms with Crippen LogP contribution in [0.5, 0.6) is 5.75 Å². The molecule has 0 fully saturated rings. The summed E-state index contributed by atoms with van der Waals surface area (Å²) in [6.07, 6.45) is 1.23. The highest BCUT2D eigenvalue weighted by atomic mass is 16.5. The van der Waals surface area contributed by atoms with Crippen molar-refractivity contribution < 1.29 is 14.3 Å². The lowest BCUT2D eigenvalue weighted by molar-refractivity contribution is -0.120. The van der Waals surface area contributed by atoms with E-state index in [4.69, 9.17) is 4.74 Å². The maximum absolute atomic E-state index is 13.5. The molecular formula is C26H27N3O3. The first-order valence-electron chi connectivity index (χ1n) is 10.9. The number of hydrogen-bond acceptors (Lipinski definition) is 3. The largest absolute Gasteiger partial charge is 0.494 e. The molecule has 3 aromatic carbocycles. The van der Waals surface area contributed by atoms with Gasteiger partial charge in [0.05, 0.1) is 6.61 Å². The van der Waals surface area contributed by atoms with Crippen molar-refractivity contribution in [3.05, 3.63) is 90.0 Å². The highest BCUT2D eigenvalue weighted by Crippen LogP contribution is 2.28. The third kappa shape index (κ3) is 5.09. The van der Waals surface area contributed by atoms with E-state index >= 15 is 0 Å². The molecule has 0 saturated heterocycles. The van der Waals surface area contributed by atoms with Gasteiger partial charge in [0.25, 0.3) is 0 Å². The highest BCUT2D eigenvalue weighted by molar-refractivity contribution is 6.02. The van der Waals surface area contributed by atoms with Crippen LogP contribution in [0.3, 0.4) is 0 Å². The first-order valence-corrected chi connectivity index (χ1v) is 10.9. The number of urea groups is 1.